The van der Waals surface area contributed by atoms with Crippen LogP contribution in [0, 0.1) is 0 Å². The first-order valence-corrected chi connectivity index (χ1v) is 8.35. The maximum atomic E-state index is 12.9. The summed E-state index contributed by atoms with van der Waals surface area (Å²) in [6.07, 6.45) is -0.524. The number of aromatic nitrogens is 4. The van der Waals surface area contributed by atoms with E-state index in [1.54, 1.807) is 18.5 Å². The summed E-state index contributed by atoms with van der Waals surface area (Å²) in [6.45, 7) is 0. The number of alkyl halides is 3. The van der Waals surface area contributed by atoms with Crippen molar-refractivity contribution in [2.24, 2.45) is 0 Å². The molecule has 0 aliphatic heterocycles. The van der Waals surface area contributed by atoms with Crippen molar-refractivity contribution >= 4 is 22.1 Å². The average Bonchev–Trinajstić information content (AvgIpc) is 3.30. The molecule has 0 radical (unpaired) electrons. The molecule has 0 fully saturated rings. The van der Waals surface area contributed by atoms with Crippen LogP contribution in [0.1, 0.15) is 5.56 Å². The van der Waals surface area contributed by atoms with E-state index in [1.807, 2.05) is 30.3 Å². The van der Waals surface area contributed by atoms with Gasteiger partial charge in [0.2, 0.25) is 11.6 Å². The molecule has 5 rings (SSSR count). The van der Waals surface area contributed by atoms with Crippen molar-refractivity contribution < 1.29 is 17.6 Å². The first-order chi connectivity index (χ1) is 13.5. The SMILES string of the molecule is FC(F)(F)c1cnc2oc(-c3ccncc3-c3cc4ccccc4[nH]3)nc2c1. The third-order valence-corrected chi connectivity index (χ3v) is 4.45. The number of benzene rings is 1. The molecule has 0 atom stereocenters. The summed E-state index contributed by atoms with van der Waals surface area (Å²) in [6, 6.07) is 12.4. The van der Waals surface area contributed by atoms with Gasteiger partial charge < -0.3 is 9.40 Å². The van der Waals surface area contributed by atoms with Crippen LogP contribution in [-0.2, 0) is 6.18 Å². The largest absolute Gasteiger partial charge is 0.418 e. The maximum absolute atomic E-state index is 12.9. The molecule has 138 valence electrons. The van der Waals surface area contributed by atoms with Gasteiger partial charge in [0.1, 0.15) is 5.52 Å². The van der Waals surface area contributed by atoms with Crippen molar-refractivity contribution in [1.29, 1.82) is 0 Å². The van der Waals surface area contributed by atoms with Crippen LogP contribution in [-0.4, -0.2) is 19.9 Å². The molecule has 0 amide bonds. The third-order valence-electron chi connectivity index (χ3n) is 4.45. The average molecular weight is 380 g/mol. The number of nitrogens with one attached hydrogen (secondary N) is 1. The molecule has 0 aliphatic carbocycles. The van der Waals surface area contributed by atoms with Crippen LogP contribution < -0.4 is 0 Å². The Morgan fingerprint density at radius 2 is 1.82 bits per heavy atom. The van der Waals surface area contributed by atoms with Crippen LogP contribution in [0.4, 0.5) is 13.2 Å². The van der Waals surface area contributed by atoms with Gasteiger partial charge in [0.05, 0.1) is 5.56 Å². The van der Waals surface area contributed by atoms with Crippen LogP contribution in [0.5, 0.6) is 0 Å². The maximum Gasteiger partial charge on any atom is 0.417 e. The van der Waals surface area contributed by atoms with Gasteiger partial charge in [0.15, 0.2) is 0 Å². The fourth-order valence-corrected chi connectivity index (χ4v) is 3.11. The summed E-state index contributed by atoms with van der Waals surface area (Å²) in [7, 11) is 0. The van der Waals surface area contributed by atoms with Gasteiger partial charge in [0.25, 0.3) is 0 Å². The molecule has 0 saturated heterocycles. The molecule has 1 N–H and O–H groups in total. The Kier molecular flexibility index (Phi) is 3.48. The van der Waals surface area contributed by atoms with Gasteiger partial charge >= 0.3 is 6.18 Å². The van der Waals surface area contributed by atoms with Crippen LogP contribution in [0.3, 0.4) is 0 Å². The highest BCUT2D eigenvalue weighted by Gasteiger charge is 2.31. The van der Waals surface area contributed by atoms with Crippen LogP contribution in [0.25, 0.3) is 44.8 Å². The minimum Gasteiger partial charge on any atom is -0.418 e. The summed E-state index contributed by atoms with van der Waals surface area (Å²) in [5.41, 5.74) is 2.31. The first kappa shape index (κ1) is 16.5. The fraction of sp³-hybridized carbons (Fsp3) is 0.0500. The molecule has 0 spiro atoms. The third kappa shape index (κ3) is 2.70. The van der Waals surface area contributed by atoms with Crippen LogP contribution in [0.2, 0.25) is 0 Å². The number of aromatic amines is 1. The van der Waals surface area contributed by atoms with Gasteiger partial charge in [-0.05, 0) is 24.3 Å². The predicted octanol–water partition coefficient (Wildman–Crippen LogP) is 5.45. The van der Waals surface area contributed by atoms with E-state index >= 15 is 0 Å². The van der Waals surface area contributed by atoms with Gasteiger partial charge in [-0.25, -0.2) is 9.97 Å². The lowest BCUT2D eigenvalue weighted by atomic mass is 10.1. The van der Waals surface area contributed by atoms with Gasteiger partial charge in [-0.15, -0.1) is 0 Å². The normalized spacial score (nSPS) is 12.1. The minimum absolute atomic E-state index is 0.0439. The molecule has 4 heterocycles. The van der Waals surface area contributed by atoms with E-state index in [2.05, 4.69) is 19.9 Å². The van der Waals surface area contributed by atoms with Gasteiger partial charge in [-0.1, -0.05) is 18.2 Å². The zero-order valence-electron chi connectivity index (χ0n) is 14.2. The van der Waals surface area contributed by atoms with Gasteiger partial charge in [-0.2, -0.15) is 13.2 Å². The zero-order valence-corrected chi connectivity index (χ0v) is 14.2. The molecular formula is C20H11F3N4O. The molecular weight excluding hydrogens is 369 g/mol. The van der Waals surface area contributed by atoms with Crippen LogP contribution >= 0.6 is 0 Å². The van der Waals surface area contributed by atoms with Crippen molar-refractivity contribution in [2.45, 2.75) is 6.18 Å². The second kappa shape index (κ2) is 5.91. The molecule has 28 heavy (non-hydrogen) atoms. The lowest BCUT2D eigenvalue weighted by Gasteiger charge is -2.03. The van der Waals surface area contributed by atoms with E-state index in [0.717, 1.165) is 34.4 Å². The molecule has 5 nitrogen and oxygen atoms in total. The molecule has 1 aromatic carbocycles. The molecule has 5 aromatic rings. The number of para-hydroxylation sites is 1. The highest BCUT2D eigenvalue weighted by Crippen LogP contribution is 2.35. The minimum atomic E-state index is -4.49. The number of H-pyrrole nitrogens is 1. The number of fused-ring (bicyclic) bond motifs is 2. The van der Waals surface area contributed by atoms with E-state index in [1.165, 1.54) is 0 Å². The quantitative estimate of drug-likeness (QED) is 0.442. The Labute approximate surface area is 155 Å². The summed E-state index contributed by atoms with van der Waals surface area (Å²) >= 11 is 0. The Morgan fingerprint density at radius 1 is 0.964 bits per heavy atom. The second-order valence-electron chi connectivity index (χ2n) is 6.26. The lowest BCUT2D eigenvalue weighted by molar-refractivity contribution is -0.137. The molecule has 0 bridgehead atoms. The van der Waals surface area contributed by atoms with Crippen molar-refractivity contribution in [3.8, 4) is 22.7 Å². The Bertz CT molecular complexity index is 1290. The lowest BCUT2D eigenvalue weighted by Crippen LogP contribution is -2.04. The van der Waals surface area contributed by atoms with E-state index in [-0.39, 0.29) is 17.1 Å². The molecule has 4 aromatic heterocycles. The standard InChI is InChI=1S/C20H11F3N4O/c21-20(22,23)12-8-17-19(25-9-12)28-18(27-17)13-5-6-24-10-14(13)16-7-11-3-1-2-4-15(11)26-16/h1-10,26H. The fourth-order valence-electron chi connectivity index (χ4n) is 3.11. The zero-order chi connectivity index (χ0) is 19.3. The first-order valence-electron chi connectivity index (χ1n) is 8.35. The Morgan fingerprint density at radius 3 is 2.64 bits per heavy atom. The number of rotatable bonds is 2. The topological polar surface area (TPSA) is 67.6 Å². The van der Waals surface area contributed by atoms with Crippen molar-refractivity contribution in [2.75, 3.05) is 0 Å². The van der Waals surface area contributed by atoms with Crippen molar-refractivity contribution in [1.82, 2.24) is 19.9 Å². The highest BCUT2D eigenvalue weighted by atomic mass is 19.4. The molecule has 0 aliphatic rings. The summed E-state index contributed by atoms with van der Waals surface area (Å²) in [4.78, 5) is 15.5. The monoisotopic (exact) mass is 380 g/mol. The van der Waals surface area contributed by atoms with Crippen LogP contribution in [0.15, 0.2) is 65.5 Å². The highest BCUT2D eigenvalue weighted by molar-refractivity contribution is 5.89. The number of hydrogen-bond acceptors (Lipinski definition) is 4. The molecule has 0 unspecified atom stereocenters. The number of hydrogen-bond donors (Lipinski definition) is 1. The van der Waals surface area contributed by atoms with Gasteiger partial charge in [-0.3, -0.25) is 4.98 Å². The number of pyridine rings is 2. The summed E-state index contributed by atoms with van der Waals surface area (Å²) < 4.78 is 44.4. The summed E-state index contributed by atoms with van der Waals surface area (Å²) in [5.74, 6) is 0.179. The van der Waals surface area contributed by atoms with Crippen molar-refractivity contribution in [3.63, 3.8) is 0 Å². The number of oxazole rings is 1. The second-order valence-corrected chi connectivity index (χ2v) is 6.26. The number of nitrogens with zero attached hydrogens (tertiary/aromatic N) is 3. The smallest absolute Gasteiger partial charge is 0.417 e. The van der Waals surface area contributed by atoms with E-state index < -0.39 is 11.7 Å². The summed E-state index contributed by atoms with van der Waals surface area (Å²) in [5, 5.41) is 1.03. The van der Waals surface area contributed by atoms with E-state index in [9.17, 15) is 13.2 Å². The predicted molar refractivity (Wildman–Crippen MR) is 97.3 cm³/mol. The number of halogens is 3. The van der Waals surface area contributed by atoms with E-state index in [4.69, 9.17) is 4.42 Å². The Hall–Kier alpha value is -3.68. The Balaban J connectivity index is 1.66. The van der Waals surface area contributed by atoms with E-state index in [0.29, 0.717) is 5.56 Å². The molecule has 8 heteroatoms. The van der Waals surface area contributed by atoms with Gasteiger partial charge in [0, 0.05) is 46.3 Å². The molecule has 0 saturated carbocycles. The van der Waals surface area contributed by atoms with Crippen molar-refractivity contribution in [3.05, 3.63) is 66.6 Å².